The van der Waals surface area contributed by atoms with Crippen LogP contribution in [0.3, 0.4) is 0 Å². The molecule has 0 unspecified atom stereocenters. The summed E-state index contributed by atoms with van der Waals surface area (Å²) in [4.78, 5) is 1.64. The fourth-order valence-electron chi connectivity index (χ4n) is 2.56. The Hall–Kier alpha value is -2.66. The van der Waals surface area contributed by atoms with Gasteiger partial charge in [-0.25, -0.2) is 0 Å². The van der Waals surface area contributed by atoms with Crippen LogP contribution in [0.5, 0.6) is 5.75 Å². The predicted octanol–water partition coefficient (Wildman–Crippen LogP) is 3.02. The number of nitrogens with zero attached hydrogens (tertiary/aromatic N) is 3. The van der Waals surface area contributed by atoms with Crippen LogP contribution in [0.25, 0.3) is 16.9 Å². The van der Waals surface area contributed by atoms with Crippen molar-refractivity contribution in [3.8, 4) is 22.7 Å². The van der Waals surface area contributed by atoms with E-state index in [2.05, 4.69) is 17.1 Å². The van der Waals surface area contributed by atoms with Crippen LogP contribution in [0.15, 0.2) is 42.6 Å². The summed E-state index contributed by atoms with van der Waals surface area (Å²) in [6.07, 6.45) is 1.77. The van der Waals surface area contributed by atoms with Gasteiger partial charge in [0.1, 0.15) is 11.4 Å². The van der Waals surface area contributed by atoms with E-state index in [1.165, 1.54) is 5.56 Å². The van der Waals surface area contributed by atoms with Crippen LogP contribution in [-0.2, 0) is 6.54 Å². The molecule has 0 saturated carbocycles. The minimum atomic E-state index is 0.505. The molecule has 0 saturated heterocycles. The lowest BCUT2D eigenvalue weighted by Crippen LogP contribution is -2.04. The maximum Gasteiger partial charge on any atom is 0.119 e. The zero-order valence-corrected chi connectivity index (χ0v) is 13.6. The van der Waals surface area contributed by atoms with E-state index in [1.54, 1.807) is 18.1 Å². The van der Waals surface area contributed by atoms with Crippen molar-refractivity contribution in [1.82, 2.24) is 15.0 Å². The average Bonchev–Trinajstić information content (AvgIpc) is 3.04. The molecule has 5 heteroatoms. The van der Waals surface area contributed by atoms with Gasteiger partial charge in [-0.2, -0.15) is 9.90 Å². The summed E-state index contributed by atoms with van der Waals surface area (Å²) >= 11 is 0. The molecule has 0 aliphatic rings. The van der Waals surface area contributed by atoms with Crippen LogP contribution >= 0.6 is 0 Å². The second-order valence-corrected chi connectivity index (χ2v) is 5.52. The van der Waals surface area contributed by atoms with Crippen LogP contribution in [0.4, 0.5) is 0 Å². The smallest absolute Gasteiger partial charge is 0.119 e. The molecule has 5 nitrogen and oxygen atoms in total. The molecule has 3 aromatic rings. The third kappa shape index (κ3) is 2.96. The number of hydrogen-bond donors (Lipinski definition) is 1. The fourth-order valence-corrected chi connectivity index (χ4v) is 2.56. The summed E-state index contributed by atoms with van der Waals surface area (Å²) in [6, 6.07) is 12.0. The minimum absolute atomic E-state index is 0.505. The number of hydrogen-bond acceptors (Lipinski definition) is 4. The number of nitrogens with two attached hydrogens (primary N) is 1. The molecule has 0 radical (unpaired) electrons. The molecular formula is C18H20N4O. The number of methoxy groups -OCH3 is 1. The first-order valence-corrected chi connectivity index (χ1v) is 7.49. The normalized spacial score (nSPS) is 10.8. The van der Waals surface area contributed by atoms with Crippen LogP contribution in [-0.4, -0.2) is 22.1 Å². The van der Waals surface area contributed by atoms with Gasteiger partial charge in [-0.15, -0.1) is 5.10 Å². The Morgan fingerprint density at radius 1 is 1.09 bits per heavy atom. The summed E-state index contributed by atoms with van der Waals surface area (Å²) in [5, 5.41) is 8.98. The highest BCUT2D eigenvalue weighted by molar-refractivity contribution is 5.63. The van der Waals surface area contributed by atoms with Crippen molar-refractivity contribution in [1.29, 1.82) is 0 Å². The van der Waals surface area contributed by atoms with E-state index in [0.717, 1.165) is 33.8 Å². The van der Waals surface area contributed by atoms with Crippen molar-refractivity contribution >= 4 is 0 Å². The third-order valence-electron chi connectivity index (χ3n) is 3.98. The molecule has 0 spiro atoms. The molecule has 118 valence electrons. The van der Waals surface area contributed by atoms with Crippen LogP contribution in [0, 0.1) is 13.8 Å². The lowest BCUT2D eigenvalue weighted by Gasteiger charge is -2.07. The van der Waals surface area contributed by atoms with Gasteiger partial charge in [0.05, 0.1) is 19.0 Å². The number of ether oxygens (including phenoxy) is 1. The Morgan fingerprint density at radius 2 is 1.91 bits per heavy atom. The standard InChI is InChI=1S/C18H20N4O/c1-12-4-5-15(9-14(12)10-19)22-20-11-18(21-22)17-7-6-16(23-3)8-13(17)2/h4-9,11H,10,19H2,1-3H3. The molecule has 0 bridgehead atoms. The van der Waals surface area contributed by atoms with E-state index in [9.17, 15) is 0 Å². The molecule has 2 aromatic carbocycles. The quantitative estimate of drug-likeness (QED) is 0.804. The highest BCUT2D eigenvalue weighted by Gasteiger charge is 2.09. The van der Waals surface area contributed by atoms with E-state index in [0.29, 0.717) is 6.54 Å². The number of aromatic nitrogens is 3. The van der Waals surface area contributed by atoms with Gasteiger partial charge < -0.3 is 10.5 Å². The molecule has 0 atom stereocenters. The van der Waals surface area contributed by atoms with Gasteiger partial charge in [-0.3, -0.25) is 0 Å². The molecule has 0 fully saturated rings. The Bertz CT molecular complexity index is 839. The van der Waals surface area contributed by atoms with Gasteiger partial charge in [-0.1, -0.05) is 6.07 Å². The summed E-state index contributed by atoms with van der Waals surface area (Å²) in [6.45, 7) is 4.59. The largest absolute Gasteiger partial charge is 0.497 e. The van der Waals surface area contributed by atoms with Gasteiger partial charge in [0.2, 0.25) is 0 Å². The maximum atomic E-state index is 5.78. The van der Waals surface area contributed by atoms with Crippen molar-refractivity contribution in [2.24, 2.45) is 5.73 Å². The van der Waals surface area contributed by atoms with E-state index in [1.807, 2.05) is 43.3 Å². The van der Waals surface area contributed by atoms with Crippen molar-refractivity contribution in [3.63, 3.8) is 0 Å². The second kappa shape index (κ2) is 6.22. The van der Waals surface area contributed by atoms with E-state index >= 15 is 0 Å². The average molecular weight is 308 g/mol. The molecule has 0 aliphatic carbocycles. The first-order valence-electron chi connectivity index (χ1n) is 7.49. The van der Waals surface area contributed by atoms with Gasteiger partial charge in [0, 0.05) is 12.1 Å². The first kappa shape index (κ1) is 15.2. The lowest BCUT2D eigenvalue weighted by molar-refractivity contribution is 0.414. The Balaban J connectivity index is 1.97. The maximum absolute atomic E-state index is 5.78. The predicted molar refractivity (Wildman–Crippen MR) is 90.7 cm³/mol. The number of aryl methyl sites for hydroxylation is 2. The highest BCUT2D eigenvalue weighted by Crippen LogP contribution is 2.25. The highest BCUT2D eigenvalue weighted by atomic mass is 16.5. The fraction of sp³-hybridized carbons (Fsp3) is 0.222. The Kier molecular flexibility index (Phi) is 4.12. The van der Waals surface area contributed by atoms with Crippen molar-refractivity contribution < 1.29 is 4.74 Å². The molecule has 1 heterocycles. The van der Waals surface area contributed by atoms with Gasteiger partial charge in [-0.05, 0) is 60.9 Å². The van der Waals surface area contributed by atoms with E-state index < -0.39 is 0 Å². The van der Waals surface area contributed by atoms with Gasteiger partial charge >= 0.3 is 0 Å². The van der Waals surface area contributed by atoms with E-state index in [4.69, 9.17) is 10.5 Å². The van der Waals surface area contributed by atoms with Crippen molar-refractivity contribution in [3.05, 3.63) is 59.3 Å². The Labute approximate surface area is 135 Å². The van der Waals surface area contributed by atoms with Crippen LogP contribution in [0.1, 0.15) is 16.7 Å². The molecular weight excluding hydrogens is 288 g/mol. The SMILES string of the molecule is COc1ccc(-c2cnn(-c3ccc(C)c(CN)c3)n2)c(C)c1. The molecule has 0 amide bonds. The van der Waals surface area contributed by atoms with Gasteiger partial charge in [0.25, 0.3) is 0 Å². The second-order valence-electron chi connectivity index (χ2n) is 5.52. The summed E-state index contributed by atoms with van der Waals surface area (Å²) in [7, 11) is 1.66. The lowest BCUT2D eigenvalue weighted by atomic mass is 10.1. The third-order valence-corrected chi connectivity index (χ3v) is 3.98. The number of rotatable bonds is 4. The summed E-state index contributed by atoms with van der Waals surface area (Å²) < 4.78 is 5.24. The van der Waals surface area contributed by atoms with Crippen LogP contribution in [0.2, 0.25) is 0 Å². The summed E-state index contributed by atoms with van der Waals surface area (Å²) in [5.41, 5.74) is 11.9. The molecule has 3 rings (SSSR count). The first-order chi connectivity index (χ1) is 11.1. The Morgan fingerprint density at radius 3 is 2.61 bits per heavy atom. The van der Waals surface area contributed by atoms with Crippen molar-refractivity contribution in [2.45, 2.75) is 20.4 Å². The number of benzene rings is 2. The molecule has 1 aromatic heterocycles. The van der Waals surface area contributed by atoms with Crippen LogP contribution < -0.4 is 10.5 Å². The topological polar surface area (TPSA) is 66.0 Å². The monoisotopic (exact) mass is 308 g/mol. The molecule has 0 aliphatic heterocycles. The zero-order chi connectivity index (χ0) is 16.4. The molecule has 23 heavy (non-hydrogen) atoms. The van der Waals surface area contributed by atoms with Gasteiger partial charge in [0.15, 0.2) is 0 Å². The van der Waals surface area contributed by atoms with Crippen molar-refractivity contribution in [2.75, 3.05) is 7.11 Å². The minimum Gasteiger partial charge on any atom is -0.497 e. The summed E-state index contributed by atoms with van der Waals surface area (Å²) in [5.74, 6) is 0.838. The molecule has 2 N–H and O–H groups in total. The van der Waals surface area contributed by atoms with E-state index in [-0.39, 0.29) is 0 Å². The zero-order valence-electron chi connectivity index (χ0n) is 13.6.